The Kier molecular flexibility index (Phi) is 2.05. The molecule has 0 spiro atoms. The summed E-state index contributed by atoms with van der Waals surface area (Å²) in [5.74, 6) is 1.33. The molecule has 4 saturated carbocycles. The van der Waals surface area contributed by atoms with E-state index >= 15 is 0 Å². The molecule has 18 heavy (non-hydrogen) atoms. The van der Waals surface area contributed by atoms with Crippen LogP contribution in [-0.2, 0) is 9.53 Å². The van der Waals surface area contributed by atoms with Crippen molar-refractivity contribution in [1.29, 1.82) is 0 Å². The lowest BCUT2D eigenvalue weighted by molar-refractivity contribution is -0.209. The van der Waals surface area contributed by atoms with E-state index in [0.717, 1.165) is 19.3 Å². The molecule has 4 nitrogen and oxygen atoms in total. The Bertz CT molecular complexity index is 369. The van der Waals surface area contributed by atoms with Gasteiger partial charge in [-0.15, -0.1) is 0 Å². The normalized spacial score (nSPS) is 58.0. The van der Waals surface area contributed by atoms with E-state index in [2.05, 4.69) is 0 Å². The number of hydrogen-bond donors (Lipinski definition) is 2. The van der Waals surface area contributed by atoms with E-state index in [1.807, 2.05) is 0 Å². The summed E-state index contributed by atoms with van der Waals surface area (Å²) in [5.41, 5.74) is -2.04. The molecule has 0 unspecified atom stereocenters. The van der Waals surface area contributed by atoms with Crippen LogP contribution in [0.2, 0.25) is 0 Å². The van der Waals surface area contributed by atoms with Crippen molar-refractivity contribution in [3.8, 4) is 0 Å². The van der Waals surface area contributed by atoms with Crippen molar-refractivity contribution in [2.45, 2.75) is 50.2 Å². The Labute approximate surface area is 106 Å². The molecular formula is C14H20O4. The molecule has 1 aliphatic heterocycles. The van der Waals surface area contributed by atoms with Crippen LogP contribution in [0.25, 0.3) is 0 Å². The highest BCUT2D eigenvalue weighted by atomic mass is 16.6. The van der Waals surface area contributed by atoms with Crippen LogP contribution in [0.3, 0.4) is 0 Å². The molecule has 4 aliphatic carbocycles. The minimum Gasteiger partial charge on any atom is -0.461 e. The van der Waals surface area contributed by atoms with Crippen LogP contribution in [0, 0.1) is 23.2 Å². The Hall–Kier alpha value is -0.610. The molecule has 5 aliphatic rings. The maximum absolute atomic E-state index is 12.0. The zero-order valence-electron chi connectivity index (χ0n) is 10.5. The van der Waals surface area contributed by atoms with Crippen molar-refractivity contribution >= 4 is 5.97 Å². The van der Waals surface area contributed by atoms with E-state index in [4.69, 9.17) is 4.74 Å². The van der Waals surface area contributed by atoms with E-state index < -0.39 is 23.1 Å². The highest BCUT2D eigenvalue weighted by molar-refractivity contribution is 5.83. The SMILES string of the molecule is O=C1OC[C@H](O)[C@@]1(O)C12CC3CC(CC(C3)C1)C2. The Morgan fingerprint density at radius 3 is 1.94 bits per heavy atom. The third-order valence-corrected chi connectivity index (χ3v) is 6.01. The van der Waals surface area contributed by atoms with Gasteiger partial charge in [-0.05, 0) is 56.3 Å². The van der Waals surface area contributed by atoms with Crippen LogP contribution in [0.5, 0.6) is 0 Å². The van der Waals surface area contributed by atoms with Gasteiger partial charge in [-0.1, -0.05) is 0 Å². The first-order chi connectivity index (χ1) is 8.53. The standard InChI is InChI=1S/C14H20O4/c15-11-7-18-12(16)14(11,17)13-4-8-1-9(5-13)3-10(2-8)6-13/h8-11,15,17H,1-7H2/t8?,9?,10?,11-,13?,14-/m0/s1. The van der Waals surface area contributed by atoms with Crippen molar-refractivity contribution < 1.29 is 19.7 Å². The minimum atomic E-state index is -1.64. The number of carbonyl (C=O) groups excluding carboxylic acids is 1. The third kappa shape index (κ3) is 1.16. The molecule has 4 bridgehead atoms. The second-order valence-electron chi connectivity index (χ2n) is 7.08. The summed E-state index contributed by atoms with van der Waals surface area (Å²) in [4.78, 5) is 12.0. The van der Waals surface area contributed by atoms with Crippen LogP contribution in [0.1, 0.15) is 38.5 Å². The molecule has 5 fully saturated rings. The summed E-state index contributed by atoms with van der Waals surface area (Å²) >= 11 is 0. The van der Waals surface area contributed by atoms with Crippen molar-refractivity contribution in [3.63, 3.8) is 0 Å². The van der Waals surface area contributed by atoms with Gasteiger partial charge >= 0.3 is 5.97 Å². The zero-order valence-corrected chi connectivity index (χ0v) is 10.5. The summed E-state index contributed by atoms with van der Waals surface area (Å²) < 4.78 is 4.93. The predicted octanol–water partition coefficient (Wildman–Crippen LogP) is 0.852. The molecule has 2 N–H and O–H groups in total. The molecule has 0 aromatic carbocycles. The van der Waals surface area contributed by atoms with Crippen LogP contribution < -0.4 is 0 Å². The first-order valence-corrected chi connectivity index (χ1v) is 7.11. The van der Waals surface area contributed by atoms with E-state index in [9.17, 15) is 15.0 Å². The van der Waals surface area contributed by atoms with Crippen molar-refractivity contribution in [3.05, 3.63) is 0 Å². The van der Waals surface area contributed by atoms with Crippen LogP contribution in [0.15, 0.2) is 0 Å². The number of hydrogen-bond acceptors (Lipinski definition) is 4. The molecule has 100 valence electrons. The lowest BCUT2D eigenvalue weighted by Gasteiger charge is -2.60. The van der Waals surface area contributed by atoms with Gasteiger partial charge in [-0.25, -0.2) is 4.79 Å². The largest absolute Gasteiger partial charge is 0.461 e. The second-order valence-corrected chi connectivity index (χ2v) is 7.08. The fourth-order valence-corrected chi connectivity index (χ4v) is 5.67. The molecule has 4 heteroatoms. The summed E-state index contributed by atoms with van der Waals surface area (Å²) in [6, 6.07) is 0. The summed E-state index contributed by atoms with van der Waals surface area (Å²) in [7, 11) is 0. The molecule has 1 heterocycles. The van der Waals surface area contributed by atoms with Crippen molar-refractivity contribution in [1.82, 2.24) is 0 Å². The summed E-state index contributed by atoms with van der Waals surface area (Å²) in [5, 5.41) is 21.0. The van der Waals surface area contributed by atoms with Crippen LogP contribution >= 0.6 is 0 Å². The van der Waals surface area contributed by atoms with Gasteiger partial charge in [0.25, 0.3) is 0 Å². The second kappa shape index (κ2) is 3.28. The van der Waals surface area contributed by atoms with E-state index in [1.165, 1.54) is 19.3 Å². The van der Waals surface area contributed by atoms with Gasteiger partial charge in [0.2, 0.25) is 0 Å². The Morgan fingerprint density at radius 1 is 1.06 bits per heavy atom. The van der Waals surface area contributed by atoms with Gasteiger partial charge in [-0.2, -0.15) is 0 Å². The van der Waals surface area contributed by atoms with E-state index in [0.29, 0.717) is 17.8 Å². The lowest BCUT2D eigenvalue weighted by atomic mass is 9.45. The highest BCUT2D eigenvalue weighted by Gasteiger charge is 2.68. The summed E-state index contributed by atoms with van der Waals surface area (Å²) in [6.07, 6.45) is 5.38. The predicted molar refractivity (Wildman–Crippen MR) is 62.5 cm³/mol. The van der Waals surface area contributed by atoms with E-state index in [1.54, 1.807) is 0 Å². The smallest absolute Gasteiger partial charge is 0.341 e. The highest BCUT2D eigenvalue weighted by Crippen LogP contribution is 2.65. The molecule has 0 aromatic rings. The quantitative estimate of drug-likeness (QED) is 0.679. The van der Waals surface area contributed by atoms with Crippen molar-refractivity contribution in [2.24, 2.45) is 23.2 Å². The van der Waals surface area contributed by atoms with Crippen LogP contribution in [-0.4, -0.2) is 34.5 Å². The monoisotopic (exact) mass is 252 g/mol. The average Bonchev–Trinajstić information content (AvgIpc) is 2.57. The number of cyclic esters (lactones) is 1. The first-order valence-electron chi connectivity index (χ1n) is 7.11. The molecule has 0 amide bonds. The summed E-state index contributed by atoms with van der Waals surface area (Å²) in [6.45, 7) is -0.0446. The maximum atomic E-state index is 12.0. The topological polar surface area (TPSA) is 66.8 Å². The zero-order chi connectivity index (χ0) is 12.5. The first kappa shape index (κ1) is 11.2. The number of esters is 1. The van der Waals surface area contributed by atoms with Gasteiger partial charge in [-0.3, -0.25) is 0 Å². The van der Waals surface area contributed by atoms with Gasteiger partial charge in [0.1, 0.15) is 12.7 Å². The van der Waals surface area contributed by atoms with Crippen molar-refractivity contribution in [2.75, 3.05) is 6.61 Å². The number of ether oxygens (including phenoxy) is 1. The molecular weight excluding hydrogens is 232 g/mol. The number of rotatable bonds is 1. The van der Waals surface area contributed by atoms with Gasteiger partial charge in [0, 0.05) is 5.41 Å². The Morgan fingerprint density at radius 2 is 1.56 bits per heavy atom. The minimum absolute atomic E-state index is 0.0446. The van der Waals surface area contributed by atoms with E-state index in [-0.39, 0.29) is 6.61 Å². The fourth-order valence-electron chi connectivity index (χ4n) is 5.67. The molecule has 2 atom stereocenters. The molecule has 5 rings (SSSR count). The fraction of sp³-hybridized carbons (Fsp3) is 0.929. The molecule has 0 radical (unpaired) electrons. The van der Waals surface area contributed by atoms with Gasteiger partial charge in [0.15, 0.2) is 5.60 Å². The number of aliphatic hydroxyl groups excluding tert-OH is 1. The maximum Gasteiger partial charge on any atom is 0.341 e. The number of aliphatic hydroxyl groups is 2. The van der Waals surface area contributed by atoms with Crippen LogP contribution in [0.4, 0.5) is 0 Å². The van der Waals surface area contributed by atoms with Gasteiger partial charge < -0.3 is 14.9 Å². The third-order valence-electron chi connectivity index (χ3n) is 6.01. The Balaban J connectivity index is 1.77. The lowest BCUT2D eigenvalue weighted by Crippen LogP contribution is -2.64. The molecule has 1 saturated heterocycles. The average molecular weight is 252 g/mol. The molecule has 0 aromatic heterocycles. The number of carbonyl (C=O) groups is 1. The van der Waals surface area contributed by atoms with Gasteiger partial charge in [0.05, 0.1) is 0 Å².